The van der Waals surface area contributed by atoms with Gasteiger partial charge in [0.25, 0.3) is 0 Å². The van der Waals surface area contributed by atoms with E-state index in [-0.39, 0.29) is 0 Å². The largest absolute Gasteiger partial charge is 0.375 e. The molecule has 1 atom stereocenters. The van der Waals surface area contributed by atoms with E-state index in [2.05, 4.69) is 52.1 Å². The third-order valence-corrected chi connectivity index (χ3v) is 5.35. The zero-order valence-electron chi connectivity index (χ0n) is 13.1. The first-order valence-electron chi connectivity index (χ1n) is 8.01. The number of hydrogen-bond donors (Lipinski definition) is 0. The number of fused-ring (bicyclic) bond motifs is 1. The van der Waals surface area contributed by atoms with Gasteiger partial charge in [0, 0.05) is 18.0 Å². The van der Waals surface area contributed by atoms with Gasteiger partial charge in [0.1, 0.15) is 17.0 Å². The molecule has 1 fully saturated rings. The zero-order valence-corrected chi connectivity index (χ0v) is 13.9. The predicted octanol–water partition coefficient (Wildman–Crippen LogP) is 3.97. The second kappa shape index (κ2) is 6.26. The normalized spacial score (nSPS) is 18.5. The molecule has 3 heterocycles. The van der Waals surface area contributed by atoms with Crippen LogP contribution < -0.4 is 4.90 Å². The minimum absolute atomic E-state index is 0.293. The molecule has 4 rings (SSSR count). The van der Waals surface area contributed by atoms with Crippen LogP contribution in [-0.2, 0) is 4.74 Å². The number of hydrogen-bond acceptors (Lipinski definition) is 5. The van der Waals surface area contributed by atoms with E-state index in [4.69, 9.17) is 4.74 Å². The lowest BCUT2D eigenvalue weighted by Crippen LogP contribution is -2.42. The number of ether oxygens (including phenoxy) is 1. The van der Waals surface area contributed by atoms with Crippen molar-refractivity contribution < 1.29 is 4.74 Å². The third kappa shape index (κ3) is 2.82. The van der Waals surface area contributed by atoms with Crippen molar-refractivity contribution in [3.63, 3.8) is 0 Å². The van der Waals surface area contributed by atoms with Crippen LogP contribution in [0.15, 0.2) is 42.7 Å². The molecule has 2 aromatic heterocycles. The summed E-state index contributed by atoms with van der Waals surface area (Å²) in [6, 6.07) is 12.7. The molecule has 0 amide bonds. The molecule has 1 aliphatic rings. The fourth-order valence-electron chi connectivity index (χ4n) is 3.00. The third-order valence-electron chi connectivity index (χ3n) is 4.26. The van der Waals surface area contributed by atoms with Crippen molar-refractivity contribution >= 4 is 27.4 Å². The summed E-state index contributed by atoms with van der Waals surface area (Å²) in [7, 11) is 0. The van der Waals surface area contributed by atoms with Gasteiger partial charge < -0.3 is 9.64 Å². The maximum absolute atomic E-state index is 5.78. The molecule has 4 nitrogen and oxygen atoms in total. The summed E-state index contributed by atoms with van der Waals surface area (Å²) in [5.41, 5.74) is 1.23. The molecule has 0 saturated carbocycles. The number of aromatic nitrogens is 2. The Hall–Kier alpha value is -1.98. The maximum atomic E-state index is 5.78. The number of anilines is 1. The number of morpholine rings is 1. The second-order valence-electron chi connectivity index (χ2n) is 5.74. The van der Waals surface area contributed by atoms with Gasteiger partial charge in [-0.25, -0.2) is 9.97 Å². The summed E-state index contributed by atoms with van der Waals surface area (Å²) in [5, 5.41) is 1.15. The van der Waals surface area contributed by atoms with Crippen LogP contribution in [0.4, 0.5) is 5.82 Å². The standard InChI is InChI=1S/C18H19N3OS/c1-2-14-11-21(8-9-22-14)17-15-10-16(13-6-4-3-5-7-13)23-18(15)20-12-19-17/h3-7,10,12,14H,2,8-9,11H2,1H3/t14-/m0/s1. The van der Waals surface area contributed by atoms with Gasteiger partial charge in [0.2, 0.25) is 0 Å². The van der Waals surface area contributed by atoms with Crippen molar-refractivity contribution in [1.29, 1.82) is 0 Å². The quantitative estimate of drug-likeness (QED) is 0.730. The molecule has 1 aromatic carbocycles. The van der Waals surface area contributed by atoms with Crippen LogP contribution in [0.25, 0.3) is 20.7 Å². The van der Waals surface area contributed by atoms with E-state index in [1.54, 1.807) is 17.7 Å². The van der Waals surface area contributed by atoms with Gasteiger partial charge in [-0.1, -0.05) is 37.3 Å². The molecule has 3 aromatic rings. The Balaban J connectivity index is 1.74. The van der Waals surface area contributed by atoms with Crippen molar-refractivity contribution in [2.75, 3.05) is 24.6 Å². The van der Waals surface area contributed by atoms with E-state index >= 15 is 0 Å². The van der Waals surface area contributed by atoms with Crippen LogP contribution in [0.1, 0.15) is 13.3 Å². The highest BCUT2D eigenvalue weighted by Gasteiger charge is 2.22. The van der Waals surface area contributed by atoms with Crippen molar-refractivity contribution in [1.82, 2.24) is 9.97 Å². The first-order valence-corrected chi connectivity index (χ1v) is 8.83. The van der Waals surface area contributed by atoms with E-state index in [1.165, 1.54) is 10.4 Å². The molecular weight excluding hydrogens is 306 g/mol. The topological polar surface area (TPSA) is 38.2 Å². The smallest absolute Gasteiger partial charge is 0.140 e. The zero-order chi connectivity index (χ0) is 15.6. The Bertz CT molecular complexity index is 802. The molecule has 0 aliphatic carbocycles. The molecule has 0 spiro atoms. The summed E-state index contributed by atoms with van der Waals surface area (Å²) in [6.45, 7) is 4.72. The average Bonchev–Trinajstić information content (AvgIpc) is 3.07. The number of benzene rings is 1. The first-order chi connectivity index (χ1) is 11.3. The van der Waals surface area contributed by atoms with Gasteiger partial charge in [0.15, 0.2) is 0 Å². The summed E-state index contributed by atoms with van der Waals surface area (Å²) >= 11 is 1.73. The maximum Gasteiger partial charge on any atom is 0.140 e. The van der Waals surface area contributed by atoms with Crippen LogP contribution in [0, 0.1) is 0 Å². The molecule has 0 N–H and O–H groups in total. The summed E-state index contributed by atoms with van der Waals surface area (Å²) in [4.78, 5) is 13.7. The minimum Gasteiger partial charge on any atom is -0.375 e. The predicted molar refractivity (Wildman–Crippen MR) is 95.1 cm³/mol. The van der Waals surface area contributed by atoms with Crippen molar-refractivity contribution in [2.45, 2.75) is 19.4 Å². The molecule has 23 heavy (non-hydrogen) atoms. The van der Waals surface area contributed by atoms with E-state index in [1.807, 2.05) is 6.07 Å². The Labute approximate surface area is 139 Å². The molecule has 1 saturated heterocycles. The van der Waals surface area contributed by atoms with Gasteiger partial charge in [-0.05, 0) is 18.1 Å². The first kappa shape index (κ1) is 14.6. The van der Waals surface area contributed by atoms with Gasteiger partial charge in [-0.2, -0.15) is 0 Å². The molecule has 0 bridgehead atoms. The molecule has 5 heteroatoms. The Kier molecular flexibility index (Phi) is 3.97. The van der Waals surface area contributed by atoms with Gasteiger partial charge in [-0.3, -0.25) is 0 Å². The van der Waals surface area contributed by atoms with Gasteiger partial charge in [-0.15, -0.1) is 11.3 Å². The Morgan fingerprint density at radius 1 is 1.26 bits per heavy atom. The molecular formula is C18H19N3OS. The molecule has 0 radical (unpaired) electrons. The van der Waals surface area contributed by atoms with E-state index in [9.17, 15) is 0 Å². The highest BCUT2D eigenvalue weighted by molar-refractivity contribution is 7.21. The van der Waals surface area contributed by atoms with Crippen LogP contribution >= 0.6 is 11.3 Å². The second-order valence-corrected chi connectivity index (χ2v) is 6.77. The highest BCUT2D eigenvalue weighted by Crippen LogP contribution is 2.36. The molecule has 0 unspecified atom stereocenters. The summed E-state index contributed by atoms with van der Waals surface area (Å²) in [6.07, 6.45) is 3.00. The lowest BCUT2D eigenvalue weighted by Gasteiger charge is -2.33. The molecule has 118 valence electrons. The molecule has 1 aliphatic heterocycles. The van der Waals surface area contributed by atoms with Gasteiger partial charge in [0.05, 0.1) is 18.1 Å². The Morgan fingerprint density at radius 2 is 2.13 bits per heavy atom. The highest BCUT2D eigenvalue weighted by atomic mass is 32.1. The van der Waals surface area contributed by atoms with Crippen molar-refractivity contribution in [3.8, 4) is 10.4 Å². The Morgan fingerprint density at radius 3 is 2.96 bits per heavy atom. The average molecular weight is 325 g/mol. The number of thiophene rings is 1. The van der Waals surface area contributed by atoms with E-state index in [0.29, 0.717) is 6.10 Å². The van der Waals surface area contributed by atoms with E-state index in [0.717, 1.165) is 42.2 Å². The lowest BCUT2D eigenvalue weighted by molar-refractivity contribution is 0.0382. The van der Waals surface area contributed by atoms with Crippen LogP contribution in [0.2, 0.25) is 0 Å². The fraction of sp³-hybridized carbons (Fsp3) is 0.333. The fourth-order valence-corrected chi connectivity index (χ4v) is 4.00. The monoisotopic (exact) mass is 325 g/mol. The SMILES string of the molecule is CC[C@H]1CN(c2ncnc3sc(-c4ccccc4)cc23)CCO1. The van der Waals surface area contributed by atoms with Crippen molar-refractivity contribution in [3.05, 3.63) is 42.7 Å². The number of rotatable bonds is 3. The van der Waals surface area contributed by atoms with Crippen LogP contribution in [-0.4, -0.2) is 35.8 Å². The van der Waals surface area contributed by atoms with Gasteiger partial charge >= 0.3 is 0 Å². The van der Waals surface area contributed by atoms with E-state index < -0.39 is 0 Å². The lowest BCUT2D eigenvalue weighted by atomic mass is 10.1. The van der Waals surface area contributed by atoms with Crippen LogP contribution in [0.3, 0.4) is 0 Å². The summed E-state index contributed by atoms with van der Waals surface area (Å²) < 4.78 is 5.78. The van der Waals surface area contributed by atoms with Crippen molar-refractivity contribution in [2.24, 2.45) is 0 Å². The minimum atomic E-state index is 0.293. The van der Waals surface area contributed by atoms with Crippen LogP contribution in [0.5, 0.6) is 0 Å². The number of nitrogens with zero attached hydrogens (tertiary/aromatic N) is 3. The summed E-state index contributed by atoms with van der Waals surface area (Å²) in [5.74, 6) is 1.04.